The number of nitrogens with zero attached hydrogens (tertiary/aromatic N) is 8. The number of likely N-dealkylation sites (tertiary alicyclic amines) is 1. The predicted octanol–water partition coefficient (Wildman–Crippen LogP) is 7.20. The summed E-state index contributed by atoms with van der Waals surface area (Å²) in [6, 6.07) is 10.8. The van der Waals surface area contributed by atoms with E-state index in [0.717, 1.165) is 81.7 Å². The number of aryl methyl sites for hydroxylation is 2. The van der Waals surface area contributed by atoms with E-state index in [9.17, 15) is 14.4 Å². The first-order valence-electron chi connectivity index (χ1n) is 24.0. The summed E-state index contributed by atoms with van der Waals surface area (Å²) in [6.07, 6.45) is 9.51. The van der Waals surface area contributed by atoms with Crippen molar-refractivity contribution in [3.63, 3.8) is 0 Å². The highest BCUT2D eigenvalue weighted by atomic mass is 35.5. The fraction of sp³-hybridized carbons (Fsp3) is 0.551. The van der Waals surface area contributed by atoms with Gasteiger partial charge in [-0.15, -0.1) is 0 Å². The molecule has 4 unspecified atom stereocenters. The molecule has 5 fully saturated rings. The minimum Gasteiger partial charge on any atom is -0.480 e. The number of carbonyl (C=O) groups is 2. The smallest absolute Gasteiger partial charge is 0.301 e. The van der Waals surface area contributed by atoms with Crippen LogP contribution in [0.5, 0.6) is 5.75 Å². The van der Waals surface area contributed by atoms with Crippen molar-refractivity contribution in [2.24, 2.45) is 37.3 Å². The quantitative estimate of drug-likeness (QED) is 0.135. The molecule has 0 radical (unpaired) electrons. The van der Waals surface area contributed by atoms with Gasteiger partial charge in [-0.1, -0.05) is 18.5 Å². The number of aromatic nitrogens is 5. The van der Waals surface area contributed by atoms with Gasteiger partial charge in [-0.3, -0.25) is 24.4 Å². The van der Waals surface area contributed by atoms with Crippen molar-refractivity contribution in [1.82, 2.24) is 34.5 Å². The van der Waals surface area contributed by atoms with Crippen LogP contribution in [0.25, 0.3) is 21.8 Å². The number of carbonyl (C=O) groups excluding carboxylic acids is 2. The Hall–Kier alpha value is -5.55. The molecule has 354 valence electrons. The van der Waals surface area contributed by atoms with Crippen molar-refractivity contribution in [2.45, 2.75) is 82.6 Å². The van der Waals surface area contributed by atoms with Gasteiger partial charge in [0.15, 0.2) is 12.4 Å². The van der Waals surface area contributed by atoms with Gasteiger partial charge in [-0.25, -0.2) is 13.8 Å². The van der Waals surface area contributed by atoms with Gasteiger partial charge in [0.2, 0.25) is 23.5 Å². The molecule has 18 heteroatoms. The van der Waals surface area contributed by atoms with Gasteiger partial charge in [0.25, 0.3) is 5.56 Å². The Morgan fingerprint density at radius 3 is 2.43 bits per heavy atom. The van der Waals surface area contributed by atoms with Gasteiger partial charge >= 0.3 is 5.92 Å². The number of amides is 2. The number of nitrogens with one attached hydrogen (secondary N) is 3. The van der Waals surface area contributed by atoms with Gasteiger partial charge in [-0.2, -0.15) is 10.1 Å². The lowest BCUT2D eigenvalue weighted by molar-refractivity contribution is -0.134. The second kappa shape index (κ2) is 16.9. The number of alkyl halides is 2. The summed E-state index contributed by atoms with van der Waals surface area (Å²) in [7, 11) is 3.54. The number of imide groups is 1. The molecule has 4 saturated heterocycles. The van der Waals surface area contributed by atoms with Gasteiger partial charge in [0.1, 0.15) is 5.02 Å². The molecule has 11 rings (SSSR count). The molecule has 8 heterocycles. The lowest BCUT2D eigenvalue weighted by Crippen LogP contribution is -2.49. The Balaban J connectivity index is 0.694. The summed E-state index contributed by atoms with van der Waals surface area (Å²) in [6.45, 7) is 8.59. The fourth-order valence-electron chi connectivity index (χ4n) is 11.6. The second-order valence-electron chi connectivity index (χ2n) is 20.3. The zero-order valence-corrected chi connectivity index (χ0v) is 39.0. The van der Waals surface area contributed by atoms with Crippen LogP contribution >= 0.6 is 11.6 Å². The molecule has 3 N–H and O–H groups in total. The van der Waals surface area contributed by atoms with E-state index in [1.165, 1.54) is 23.1 Å². The molecule has 6 aliphatic rings. The average Bonchev–Trinajstić information content (AvgIpc) is 4.12. The van der Waals surface area contributed by atoms with Crippen LogP contribution in [0.15, 0.2) is 47.4 Å². The SMILES string of the molecule is CC1CN(c2ccc3c(C4CCC(=O)NC4=O)nn(C)c3c2)CCC1CN1CCC2(CC1)CCN(c1ncc(Cl)c(Nc3ccc4c(c3)c3c(c(=O)n4C)OCC(F)(F)C(C4CC4)N3)n1)CC2. The molecule has 15 nitrogen and oxygen atoms in total. The lowest BCUT2D eigenvalue weighted by Gasteiger charge is -2.48. The van der Waals surface area contributed by atoms with Crippen molar-refractivity contribution >= 4 is 74.0 Å². The Bertz CT molecular complexity index is 2830. The molecule has 3 aromatic heterocycles. The summed E-state index contributed by atoms with van der Waals surface area (Å²) in [5.74, 6) is -2.06. The van der Waals surface area contributed by atoms with E-state index in [1.54, 1.807) is 19.3 Å². The number of piperidine rings is 4. The number of ether oxygens (including phenoxy) is 1. The van der Waals surface area contributed by atoms with Crippen molar-refractivity contribution in [1.29, 1.82) is 0 Å². The molecule has 5 aliphatic heterocycles. The molecule has 1 aliphatic carbocycles. The first kappa shape index (κ1) is 44.0. The van der Waals surface area contributed by atoms with Crippen molar-refractivity contribution < 1.29 is 23.1 Å². The van der Waals surface area contributed by atoms with Crippen LogP contribution in [-0.4, -0.2) is 105 Å². The molecule has 2 aromatic carbocycles. The van der Waals surface area contributed by atoms with E-state index in [-0.39, 0.29) is 29.2 Å². The third-order valence-corrected chi connectivity index (χ3v) is 16.3. The standard InChI is InChI=1S/C49H58ClF2N11O4/c1-28-25-63(32-7-8-33-38(23-32)60(3)58-40(33)34-9-11-39(64)55-45(34)65)17-12-30(28)26-61-18-13-48(14-19-61)15-20-62(21-16-48)47-53-24-36(50)44(57-47)54-31-6-10-37-35(22-31)41-42(46(66)59(37)2)67-27-49(51,52)43(56-41)29-4-5-29/h6-8,10,22-24,28-30,34,43,56H,4-5,9,11-21,25-27H2,1-3H3,(H,53,54,57)(H,55,64,65). The number of anilines is 5. The zero-order chi connectivity index (χ0) is 46.4. The number of hydrogen-bond acceptors (Lipinski definition) is 12. The molecule has 0 bridgehead atoms. The largest absolute Gasteiger partial charge is 0.480 e. The number of pyridine rings is 1. The van der Waals surface area contributed by atoms with Crippen LogP contribution in [0.4, 0.5) is 37.6 Å². The summed E-state index contributed by atoms with van der Waals surface area (Å²) < 4.78 is 39.3. The van der Waals surface area contributed by atoms with Gasteiger partial charge < -0.3 is 34.6 Å². The van der Waals surface area contributed by atoms with Crippen LogP contribution < -0.4 is 36.0 Å². The lowest BCUT2D eigenvalue weighted by atomic mass is 9.71. The fourth-order valence-corrected chi connectivity index (χ4v) is 11.8. The highest BCUT2D eigenvalue weighted by molar-refractivity contribution is 6.33. The number of halogens is 3. The van der Waals surface area contributed by atoms with Gasteiger partial charge in [0, 0.05) is 75.4 Å². The minimum absolute atomic E-state index is 0.0970. The van der Waals surface area contributed by atoms with E-state index in [0.29, 0.717) is 76.3 Å². The molecule has 1 saturated carbocycles. The second-order valence-corrected chi connectivity index (χ2v) is 20.7. The maximum atomic E-state index is 15.2. The van der Waals surface area contributed by atoms with Crippen LogP contribution in [0.1, 0.15) is 76.3 Å². The number of rotatable bonds is 8. The highest BCUT2D eigenvalue weighted by Crippen LogP contribution is 2.47. The maximum Gasteiger partial charge on any atom is 0.301 e. The topological polar surface area (TPSA) is 155 Å². The third-order valence-electron chi connectivity index (χ3n) is 16.0. The summed E-state index contributed by atoms with van der Waals surface area (Å²) in [5, 5.41) is 15.5. The monoisotopic (exact) mass is 937 g/mol. The summed E-state index contributed by atoms with van der Waals surface area (Å²) in [5.41, 5.74) is 4.28. The Labute approximate surface area is 392 Å². The summed E-state index contributed by atoms with van der Waals surface area (Å²) in [4.78, 5) is 54.7. The first-order valence-corrected chi connectivity index (χ1v) is 24.4. The number of benzene rings is 2. The highest BCUT2D eigenvalue weighted by Gasteiger charge is 2.51. The average molecular weight is 939 g/mol. The van der Waals surface area contributed by atoms with Crippen LogP contribution in [0.3, 0.4) is 0 Å². The number of hydrogen-bond donors (Lipinski definition) is 3. The van der Waals surface area contributed by atoms with Crippen LogP contribution in [-0.2, 0) is 23.7 Å². The first-order chi connectivity index (χ1) is 32.2. The Morgan fingerprint density at radius 2 is 1.69 bits per heavy atom. The molecule has 1 spiro atoms. The Morgan fingerprint density at radius 1 is 0.910 bits per heavy atom. The van der Waals surface area contributed by atoms with E-state index in [2.05, 4.69) is 60.8 Å². The van der Waals surface area contributed by atoms with E-state index in [4.69, 9.17) is 26.4 Å². The van der Waals surface area contributed by atoms with Crippen LogP contribution in [0, 0.1) is 23.2 Å². The molecule has 5 aromatic rings. The van der Waals surface area contributed by atoms with E-state index < -0.39 is 30.0 Å². The molecular formula is C49H58ClF2N11O4. The molecule has 67 heavy (non-hydrogen) atoms. The minimum atomic E-state index is -3.13. The molecular weight excluding hydrogens is 880 g/mol. The normalized spacial score (nSPS) is 25.4. The van der Waals surface area contributed by atoms with Crippen molar-refractivity contribution in [2.75, 3.05) is 72.9 Å². The number of fused-ring (bicyclic) bond motifs is 4. The van der Waals surface area contributed by atoms with Gasteiger partial charge in [-0.05, 0) is 124 Å². The van der Waals surface area contributed by atoms with Crippen molar-refractivity contribution in [3.05, 3.63) is 63.7 Å². The molecule has 4 atom stereocenters. The van der Waals surface area contributed by atoms with Crippen molar-refractivity contribution in [3.8, 4) is 5.75 Å². The predicted molar refractivity (Wildman–Crippen MR) is 255 cm³/mol. The van der Waals surface area contributed by atoms with E-state index in [1.807, 2.05) is 23.9 Å². The maximum absolute atomic E-state index is 15.2. The molecule has 2 amide bonds. The van der Waals surface area contributed by atoms with E-state index >= 15 is 8.78 Å². The summed E-state index contributed by atoms with van der Waals surface area (Å²) >= 11 is 6.68. The zero-order valence-electron chi connectivity index (χ0n) is 38.3. The Kier molecular flexibility index (Phi) is 11.1. The third kappa shape index (κ3) is 8.23. The van der Waals surface area contributed by atoms with Crippen LogP contribution in [0.2, 0.25) is 5.02 Å². The van der Waals surface area contributed by atoms with Gasteiger partial charge in [0.05, 0.1) is 40.6 Å².